The van der Waals surface area contributed by atoms with Gasteiger partial charge in [0, 0.05) is 34.8 Å². The van der Waals surface area contributed by atoms with Crippen LogP contribution < -0.4 is 30.9 Å². The number of alkyl carbamates (subject to hydrolysis) is 1. The van der Waals surface area contributed by atoms with Crippen LogP contribution in [0.4, 0.5) is 30.9 Å². The third-order valence-electron chi connectivity index (χ3n) is 9.82. The minimum atomic E-state index is -1.56. The summed E-state index contributed by atoms with van der Waals surface area (Å²) in [5.74, 6) is -1.59. The molecule has 4 aromatic rings. The number of benzene rings is 2. The lowest BCUT2D eigenvalue weighted by Crippen LogP contribution is -2.45. The number of nitrogens with one attached hydrogen (secondary N) is 2. The van der Waals surface area contributed by atoms with Crippen LogP contribution in [0.1, 0.15) is 92.7 Å². The van der Waals surface area contributed by atoms with Gasteiger partial charge in [0.15, 0.2) is 11.5 Å². The van der Waals surface area contributed by atoms with Crippen LogP contribution in [0, 0.1) is 0 Å². The number of anilines is 2. The summed E-state index contributed by atoms with van der Waals surface area (Å²) in [7, 11) is -0.188. The van der Waals surface area contributed by atoms with E-state index >= 15 is 0 Å². The predicted molar refractivity (Wildman–Crippen MR) is 271 cm³/mol. The number of ether oxygens (including phenoxy) is 6. The van der Waals surface area contributed by atoms with Crippen LogP contribution in [0.15, 0.2) is 65.5 Å². The summed E-state index contributed by atoms with van der Waals surface area (Å²) in [5, 5.41) is 5.79. The Morgan fingerprint density at radius 1 is 0.704 bits per heavy atom. The van der Waals surface area contributed by atoms with E-state index < -0.39 is 72.8 Å². The van der Waals surface area contributed by atoms with Gasteiger partial charge < -0.3 is 39.1 Å². The van der Waals surface area contributed by atoms with Gasteiger partial charge in [-0.3, -0.25) is 9.36 Å². The summed E-state index contributed by atoms with van der Waals surface area (Å²) in [6.45, 7) is 21.5. The number of aromatic nitrogens is 4. The van der Waals surface area contributed by atoms with Crippen molar-refractivity contribution >= 4 is 61.2 Å². The zero-order valence-corrected chi connectivity index (χ0v) is 44.5. The van der Waals surface area contributed by atoms with E-state index in [1.54, 1.807) is 86.6 Å². The summed E-state index contributed by atoms with van der Waals surface area (Å²) in [4.78, 5) is 97.4. The lowest BCUT2D eigenvalue weighted by molar-refractivity contribution is -0.145. The molecule has 71 heavy (non-hydrogen) atoms. The van der Waals surface area contributed by atoms with E-state index in [0.29, 0.717) is 36.3 Å². The minimum absolute atomic E-state index is 0.0306. The number of carbonyl (C=O) groups excluding carboxylic acids is 5. The standard InChI is InChI=1S/C50H72N8O12Si/c1-48(2,3)68-45(62)56(10)42-53-38-37(40(55-42)66-32-34-22-16-14-17-23-34)39(58(46(63)69-49(4,5)6)47(64)70-50(7,8)9)54-43(60)57(38)29-28-51-36(41(59)65-30-31-71(11,12)13)26-20-21-27-52-44(61)67-33-35-24-18-15-19-25-35/h14-19,22-25,36,51H,20-21,26-33H2,1-13H3,(H,52,61)/t36-/m0/s1. The molecule has 4 amide bonds. The molecule has 0 aliphatic heterocycles. The second kappa shape index (κ2) is 25.0. The maximum absolute atomic E-state index is 14.5. The molecule has 21 heteroatoms. The Hall–Kier alpha value is -6.61. The molecule has 0 fully saturated rings. The van der Waals surface area contributed by atoms with Gasteiger partial charge in [0.2, 0.25) is 11.8 Å². The first-order valence-electron chi connectivity index (χ1n) is 23.7. The van der Waals surface area contributed by atoms with E-state index in [1.165, 1.54) is 7.05 Å². The first kappa shape index (κ1) is 57.0. The third-order valence-corrected chi connectivity index (χ3v) is 11.5. The van der Waals surface area contributed by atoms with E-state index in [-0.39, 0.29) is 55.8 Å². The molecule has 0 saturated carbocycles. The number of amides is 4. The van der Waals surface area contributed by atoms with Gasteiger partial charge >= 0.3 is 36.0 Å². The molecule has 0 bridgehead atoms. The smallest absolute Gasteiger partial charge is 0.425 e. The maximum Gasteiger partial charge on any atom is 0.425 e. The second-order valence-electron chi connectivity index (χ2n) is 21.0. The summed E-state index contributed by atoms with van der Waals surface area (Å²) in [6.07, 6.45) is -2.53. The average molecular weight is 1010 g/mol. The van der Waals surface area contributed by atoms with Crippen LogP contribution in [0.5, 0.6) is 5.88 Å². The zero-order chi connectivity index (χ0) is 52.7. The van der Waals surface area contributed by atoms with Crippen molar-refractivity contribution in [2.45, 2.75) is 150 Å². The lowest BCUT2D eigenvalue weighted by atomic mass is 10.1. The van der Waals surface area contributed by atoms with Crippen molar-refractivity contribution in [2.75, 3.05) is 36.5 Å². The van der Waals surface area contributed by atoms with E-state index in [0.717, 1.165) is 21.1 Å². The van der Waals surface area contributed by atoms with Gasteiger partial charge in [-0.25, -0.2) is 28.9 Å². The summed E-state index contributed by atoms with van der Waals surface area (Å²) < 4.78 is 35.6. The highest BCUT2D eigenvalue weighted by Crippen LogP contribution is 2.34. The second-order valence-corrected chi connectivity index (χ2v) is 26.6. The van der Waals surface area contributed by atoms with Crippen molar-refractivity contribution in [1.82, 2.24) is 30.2 Å². The van der Waals surface area contributed by atoms with Gasteiger partial charge in [-0.05, 0) is 98.7 Å². The molecule has 2 N–H and O–H groups in total. The Morgan fingerprint density at radius 2 is 1.25 bits per heavy atom. The molecule has 0 spiro atoms. The van der Waals surface area contributed by atoms with Crippen LogP contribution in [-0.2, 0) is 48.2 Å². The van der Waals surface area contributed by atoms with Crippen molar-refractivity contribution in [3.05, 3.63) is 82.3 Å². The fourth-order valence-electron chi connectivity index (χ4n) is 6.38. The first-order chi connectivity index (χ1) is 33.1. The van der Waals surface area contributed by atoms with Crippen molar-refractivity contribution < 1.29 is 52.4 Å². The highest BCUT2D eigenvalue weighted by molar-refractivity contribution is 6.76. The van der Waals surface area contributed by atoms with Crippen LogP contribution in [0.2, 0.25) is 25.7 Å². The van der Waals surface area contributed by atoms with Crippen molar-refractivity contribution in [3.63, 3.8) is 0 Å². The molecule has 0 saturated heterocycles. The molecule has 0 radical (unpaired) electrons. The zero-order valence-electron chi connectivity index (χ0n) is 43.5. The van der Waals surface area contributed by atoms with Crippen molar-refractivity contribution in [2.24, 2.45) is 0 Å². The number of esters is 1. The Balaban J connectivity index is 1.79. The van der Waals surface area contributed by atoms with Gasteiger partial charge in [0.1, 0.15) is 41.4 Å². The van der Waals surface area contributed by atoms with Crippen LogP contribution in [0.25, 0.3) is 11.0 Å². The van der Waals surface area contributed by atoms with Gasteiger partial charge in [-0.1, -0.05) is 80.3 Å². The quantitative estimate of drug-likeness (QED) is 0.0365. The van der Waals surface area contributed by atoms with Crippen LogP contribution in [0.3, 0.4) is 0 Å². The molecule has 0 aliphatic carbocycles. The average Bonchev–Trinajstić information content (AvgIpc) is 3.25. The number of unbranched alkanes of at least 4 members (excludes halogenated alkanes) is 1. The van der Waals surface area contributed by atoms with E-state index in [9.17, 15) is 28.8 Å². The summed E-state index contributed by atoms with van der Waals surface area (Å²) >= 11 is 0. The minimum Gasteiger partial charge on any atom is -0.472 e. The molecule has 2 aromatic heterocycles. The molecule has 1 atom stereocenters. The molecule has 2 heterocycles. The number of hydrogen-bond acceptors (Lipinski definition) is 16. The molecule has 0 aliphatic rings. The molecule has 0 unspecified atom stereocenters. The fourth-order valence-corrected chi connectivity index (χ4v) is 7.09. The largest absolute Gasteiger partial charge is 0.472 e. The predicted octanol–water partition coefficient (Wildman–Crippen LogP) is 8.75. The monoisotopic (exact) mass is 1000 g/mol. The van der Waals surface area contributed by atoms with Crippen molar-refractivity contribution in [1.29, 1.82) is 0 Å². The van der Waals surface area contributed by atoms with E-state index in [4.69, 9.17) is 33.4 Å². The number of fused-ring (bicyclic) bond motifs is 1. The van der Waals surface area contributed by atoms with Gasteiger partial charge in [-0.15, -0.1) is 0 Å². The van der Waals surface area contributed by atoms with Gasteiger partial charge in [0.05, 0.1) is 6.61 Å². The number of rotatable bonds is 20. The highest BCUT2D eigenvalue weighted by Gasteiger charge is 2.38. The Morgan fingerprint density at radius 3 is 1.80 bits per heavy atom. The fraction of sp³-hybridized carbons (Fsp3) is 0.540. The van der Waals surface area contributed by atoms with Crippen molar-refractivity contribution in [3.8, 4) is 5.88 Å². The Kier molecular flexibility index (Phi) is 20.0. The number of carbonyl (C=O) groups is 5. The molecule has 388 valence electrons. The van der Waals surface area contributed by atoms with E-state index in [2.05, 4.69) is 40.2 Å². The summed E-state index contributed by atoms with van der Waals surface area (Å²) in [5.41, 5.74) is -2.81. The molecule has 2 aromatic carbocycles. The normalized spacial score (nSPS) is 12.4. The topological polar surface area (TPSA) is 232 Å². The van der Waals surface area contributed by atoms with Crippen LogP contribution in [-0.4, -0.2) is 108 Å². The Labute approximate surface area is 417 Å². The van der Waals surface area contributed by atoms with Gasteiger partial charge in [0.25, 0.3) is 0 Å². The SMILES string of the molecule is CN(C(=O)OC(C)(C)C)c1nc(OCc2ccccc2)c2c(N(C(=O)OC(C)(C)C)C(=O)OC(C)(C)C)nc(=O)n(CCN[C@@H](CCCCNC(=O)OCc3ccccc3)C(=O)OCC[Si](C)(C)C)c2n1. The molecule has 20 nitrogen and oxygen atoms in total. The Bertz CT molecular complexity index is 2470. The van der Waals surface area contributed by atoms with E-state index in [1.807, 2.05) is 36.4 Å². The molecular formula is C50H72N8O12Si. The van der Waals surface area contributed by atoms with Gasteiger partial charge in [-0.2, -0.15) is 19.9 Å². The first-order valence-corrected chi connectivity index (χ1v) is 27.4. The third kappa shape index (κ3) is 19.3. The lowest BCUT2D eigenvalue weighted by Gasteiger charge is -2.29. The number of imide groups is 1. The van der Waals surface area contributed by atoms with Crippen LogP contribution >= 0.6 is 0 Å². The highest BCUT2D eigenvalue weighted by atomic mass is 28.3. The maximum atomic E-state index is 14.5. The summed E-state index contributed by atoms with van der Waals surface area (Å²) in [6, 6.07) is 18.3. The molecule has 4 rings (SSSR count). The molecular weight excluding hydrogens is 933 g/mol. The number of hydrogen-bond donors (Lipinski definition) is 2. The number of nitrogens with zero attached hydrogens (tertiary/aromatic N) is 6.